The van der Waals surface area contributed by atoms with Gasteiger partial charge in [-0.25, -0.2) is 17.6 Å². The Kier molecular flexibility index (Phi) is 7.27. The van der Waals surface area contributed by atoms with Crippen LogP contribution in [0.4, 0.5) is 17.6 Å². The second-order valence-electron chi connectivity index (χ2n) is 8.25. The van der Waals surface area contributed by atoms with E-state index in [0.29, 0.717) is 18.4 Å². The molecule has 1 heterocycles. The molecule has 0 atom stereocenters. The van der Waals surface area contributed by atoms with Crippen LogP contribution in [0.25, 0.3) is 10.8 Å². The number of unbranched alkanes of at least 4 members (excludes halogenated alkanes) is 1. The minimum atomic E-state index is -1.51. The lowest BCUT2D eigenvalue weighted by Crippen LogP contribution is -1.97. The van der Waals surface area contributed by atoms with Crippen LogP contribution in [-0.4, -0.2) is 4.98 Å². The molecule has 0 amide bonds. The van der Waals surface area contributed by atoms with Gasteiger partial charge in [0.25, 0.3) is 0 Å². The van der Waals surface area contributed by atoms with Crippen molar-refractivity contribution in [1.82, 2.24) is 4.98 Å². The number of rotatable bonds is 6. The smallest absolute Gasteiger partial charge is 0.195 e. The molecule has 0 saturated carbocycles. The van der Waals surface area contributed by atoms with E-state index in [-0.39, 0.29) is 16.3 Å². The van der Waals surface area contributed by atoms with Crippen molar-refractivity contribution in [1.29, 1.82) is 0 Å². The molecule has 0 radical (unpaired) electrons. The largest absolute Gasteiger partial charge is 0.261 e. The number of halogens is 4. The lowest BCUT2D eigenvalue weighted by atomic mass is 10.0. The Balaban J connectivity index is 1.44. The number of hydrogen-bond donors (Lipinski definition) is 0. The van der Waals surface area contributed by atoms with E-state index in [9.17, 15) is 17.6 Å². The van der Waals surface area contributed by atoms with Crippen LogP contribution in [-0.2, 0) is 19.3 Å². The van der Waals surface area contributed by atoms with E-state index >= 15 is 0 Å². The van der Waals surface area contributed by atoms with Gasteiger partial charge < -0.3 is 0 Å². The van der Waals surface area contributed by atoms with Crippen molar-refractivity contribution in [3.8, 4) is 11.8 Å². The van der Waals surface area contributed by atoms with Crippen molar-refractivity contribution in [3.05, 3.63) is 112 Å². The fraction of sp³-hybridized carbons (Fsp3) is 0.207. The summed E-state index contributed by atoms with van der Waals surface area (Å²) in [6.07, 6.45) is 6.61. The lowest BCUT2D eigenvalue weighted by Gasteiger charge is -2.05. The Morgan fingerprint density at radius 3 is 2.29 bits per heavy atom. The van der Waals surface area contributed by atoms with E-state index in [0.717, 1.165) is 36.6 Å². The molecule has 3 aromatic carbocycles. The SMILES string of the molecule is CCCCc1ccc(CCc2ccc(C#Cc3ccc4c(F)c(F)c(F)cc4c3)c(F)c2)nc1. The summed E-state index contributed by atoms with van der Waals surface area (Å²) < 4.78 is 55.4. The van der Waals surface area contributed by atoms with E-state index in [1.807, 2.05) is 18.3 Å². The highest BCUT2D eigenvalue weighted by Crippen LogP contribution is 2.24. The number of fused-ring (bicyclic) bond motifs is 1. The molecule has 0 aliphatic carbocycles. The van der Waals surface area contributed by atoms with Crippen molar-refractivity contribution in [2.75, 3.05) is 0 Å². The molecule has 5 heteroatoms. The Labute approximate surface area is 196 Å². The van der Waals surface area contributed by atoms with Crippen molar-refractivity contribution in [3.63, 3.8) is 0 Å². The maximum Gasteiger partial charge on any atom is 0.195 e. The third-order valence-corrected chi connectivity index (χ3v) is 5.72. The van der Waals surface area contributed by atoms with Crippen LogP contribution in [0.2, 0.25) is 0 Å². The number of hydrogen-bond acceptors (Lipinski definition) is 1. The second kappa shape index (κ2) is 10.5. The Morgan fingerprint density at radius 2 is 1.56 bits per heavy atom. The number of aryl methyl sites for hydroxylation is 3. The standard InChI is InChI=1S/C29H23F4N/c1-2-3-4-21-8-13-24(34-18-21)12-7-20-6-11-22(26(30)16-20)10-5-19-9-14-25-23(15-19)17-27(31)29(33)28(25)32/h6,8-9,11,13-18H,2-4,7,12H2,1H3. The van der Waals surface area contributed by atoms with Gasteiger partial charge in [-0.15, -0.1) is 0 Å². The van der Waals surface area contributed by atoms with E-state index in [1.54, 1.807) is 6.07 Å². The summed E-state index contributed by atoms with van der Waals surface area (Å²) >= 11 is 0. The topological polar surface area (TPSA) is 12.9 Å². The number of nitrogens with zero attached hydrogens (tertiary/aromatic N) is 1. The van der Waals surface area contributed by atoms with Gasteiger partial charge in [0.2, 0.25) is 0 Å². The van der Waals surface area contributed by atoms with Gasteiger partial charge in [-0.2, -0.15) is 0 Å². The molecule has 4 aromatic rings. The van der Waals surface area contributed by atoms with Crippen LogP contribution in [0.15, 0.2) is 60.8 Å². The summed E-state index contributed by atoms with van der Waals surface area (Å²) in [5.41, 5.74) is 3.70. The Hall–Kier alpha value is -3.65. The van der Waals surface area contributed by atoms with E-state index < -0.39 is 23.3 Å². The van der Waals surface area contributed by atoms with Crippen LogP contribution in [0.3, 0.4) is 0 Å². The zero-order chi connectivity index (χ0) is 24.1. The summed E-state index contributed by atoms with van der Waals surface area (Å²) in [5, 5.41) is 0.149. The highest BCUT2D eigenvalue weighted by molar-refractivity contribution is 5.84. The molecule has 1 aromatic heterocycles. The average molecular weight is 462 g/mol. The molecule has 0 bridgehead atoms. The van der Waals surface area contributed by atoms with Crippen molar-refractivity contribution >= 4 is 10.8 Å². The summed E-state index contributed by atoms with van der Waals surface area (Å²) in [7, 11) is 0. The first-order valence-electron chi connectivity index (χ1n) is 11.3. The molecular formula is C29H23F4N. The first-order chi connectivity index (χ1) is 16.4. The van der Waals surface area contributed by atoms with E-state index in [2.05, 4.69) is 29.8 Å². The summed E-state index contributed by atoms with van der Waals surface area (Å²) in [4.78, 5) is 4.50. The molecular weight excluding hydrogens is 438 g/mol. The van der Waals surface area contributed by atoms with E-state index in [1.165, 1.54) is 29.8 Å². The third-order valence-electron chi connectivity index (χ3n) is 5.72. The van der Waals surface area contributed by atoms with Crippen LogP contribution < -0.4 is 0 Å². The highest BCUT2D eigenvalue weighted by atomic mass is 19.2. The van der Waals surface area contributed by atoms with Gasteiger partial charge in [-0.3, -0.25) is 4.98 Å². The van der Waals surface area contributed by atoms with Crippen molar-refractivity contribution in [2.45, 2.75) is 39.0 Å². The van der Waals surface area contributed by atoms with Crippen molar-refractivity contribution in [2.24, 2.45) is 0 Å². The summed E-state index contributed by atoms with van der Waals surface area (Å²) in [6.45, 7) is 2.16. The van der Waals surface area contributed by atoms with Crippen LogP contribution in [0.5, 0.6) is 0 Å². The molecule has 0 spiro atoms. The Bertz CT molecular complexity index is 1380. The molecule has 1 nitrogen and oxygen atoms in total. The fourth-order valence-corrected chi connectivity index (χ4v) is 3.74. The molecule has 0 unspecified atom stereocenters. The zero-order valence-corrected chi connectivity index (χ0v) is 18.8. The molecule has 172 valence electrons. The maximum absolute atomic E-state index is 14.6. The minimum Gasteiger partial charge on any atom is -0.261 e. The van der Waals surface area contributed by atoms with Gasteiger partial charge >= 0.3 is 0 Å². The monoisotopic (exact) mass is 461 g/mol. The van der Waals surface area contributed by atoms with Gasteiger partial charge in [0.05, 0.1) is 5.56 Å². The number of aromatic nitrogens is 1. The first kappa shape index (κ1) is 23.5. The molecule has 0 aliphatic rings. The van der Waals surface area contributed by atoms with Crippen LogP contribution in [0, 0.1) is 35.1 Å². The second-order valence-corrected chi connectivity index (χ2v) is 8.25. The molecule has 4 rings (SSSR count). The number of benzene rings is 3. The van der Waals surface area contributed by atoms with Gasteiger partial charge in [0.1, 0.15) is 5.82 Å². The average Bonchev–Trinajstić information content (AvgIpc) is 2.84. The molecule has 0 N–H and O–H groups in total. The number of pyridine rings is 1. The summed E-state index contributed by atoms with van der Waals surface area (Å²) in [6, 6.07) is 14.2. The molecule has 0 saturated heterocycles. The third kappa shape index (κ3) is 5.46. The van der Waals surface area contributed by atoms with Gasteiger partial charge in [-0.1, -0.05) is 43.4 Å². The molecule has 0 aliphatic heterocycles. The Morgan fingerprint density at radius 1 is 0.735 bits per heavy atom. The molecule has 0 fully saturated rings. The normalized spacial score (nSPS) is 10.9. The minimum absolute atomic E-state index is 0.0370. The van der Waals surface area contributed by atoms with Crippen molar-refractivity contribution < 1.29 is 17.6 Å². The fourth-order valence-electron chi connectivity index (χ4n) is 3.74. The predicted molar refractivity (Wildman–Crippen MR) is 126 cm³/mol. The van der Waals surface area contributed by atoms with E-state index in [4.69, 9.17) is 0 Å². The quantitative estimate of drug-likeness (QED) is 0.167. The van der Waals surface area contributed by atoms with Crippen LogP contribution in [0.1, 0.15) is 47.7 Å². The van der Waals surface area contributed by atoms with Crippen LogP contribution >= 0.6 is 0 Å². The van der Waals surface area contributed by atoms with Gasteiger partial charge in [0, 0.05) is 22.8 Å². The predicted octanol–water partition coefficient (Wildman–Crippen LogP) is 7.32. The molecule has 34 heavy (non-hydrogen) atoms. The maximum atomic E-state index is 14.6. The first-order valence-corrected chi connectivity index (χ1v) is 11.3. The lowest BCUT2D eigenvalue weighted by molar-refractivity contribution is 0.453. The highest BCUT2D eigenvalue weighted by Gasteiger charge is 2.13. The van der Waals surface area contributed by atoms with Gasteiger partial charge in [-0.05, 0) is 78.6 Å². The zero-order valence-electron chi connectivity index (χ0n) is 18.8. The summed E-state index contributed by atoms with van der Waals surface area (Å²) in [5.74, 6) is 1.12. The van der Waals surface area contributed by atoms with Gasteiger partial charge in [0.15, 0.2) is 17.5 Å².